The van der Waals surface area contributed by atoms with E-state index in [2.05, 4.69) is 0 Å². The summed E-state index contributed by atoms with van der Waals surface area (Å²) in [4.78, 5) is 35.4. The van der Waals surface area contributed by atoms with Crippen molar-refractivity contribution in [2.24, 2.45) is 0 Å². The van der Waals surface area contributed by atoms with Crippen molar-refractivity contribution in [1.29, 1.82) is 0 Å². The topological polar surface area (TPSA) is 54.5 Å². The highest BCUT2D eigenvalue weighted by atomic mass is 35.5. The lowest BCUT2D eigenvalue weighted by Crippen LogP contribution is -2.30. The molecule has 0 aliphatic carbocycles. The Morgan fingerprint density at radius 3 is 1.83 bits per heavy atom. The second-order valence-corrected chi connectivity index (χ2v) is 4.43. The smallest absolute Gasteiger partial charge is 0.278 e. The van der Waals surface area contributed by atoms with E-state index in [1.54, 1.807) is 0 Å². The first kappa shape index (κ1) is 12.8. The van der Waals surface area contributed by atoms with Gasteiger partial charge in [-0.05, 0) is 31.2 Å². The molecule has 1 aromatic rings. The Bertz CT molecular complexity index is 566. The molecular formula is C12H7Cl2NO3. The third kappa shape index (κ3) is 1.94. The molecule has 0 radical (unpaired) electrons. The molecule has 1 aliphatic rings. The van der Waals surface area contributed by atoms with Gasteiger partial charge in [0.25, 0.3) is 11.8 Å². The molecule has 2 rings (SSSR count). The molecule has 18 heavy (non-hydrogen) atoms. The van der Waals surface area contributed by atoms with Crippen LogP contribution < -0.4 is 4.90 Å². The lowest BCUT2D eigenvalue weighted by molar-refractivity contribution is -0.120. The van der Waals surface area contributed by atoms with Crippen molar-refractivity contribution in [2.45, 2.75) is 6.92 Å². The van der Waals surface area contributed by atoms with E-state index < -0.39 is 11.8 Å². The van der Waals surface area contributed by atoms with Crippen molar-refractivity contribution in [2.75, 3.05) is 4.90 Å². The highest BCUT2D eigenvalue weighted by Crippen LogP contribution is 2.31. The predicted octanol–water partition coefficient (Wildman–Crippen LogP) is 2.45. The van der Waals surface area contributed by atoms with Gasteiger partial charge in [0.15, 0.2) is 5.78 Å². The molecule has 92 valence electrons. The van der Waals surface area contributed by atoms with Crippen LogP contribution in [0.15, 0.2) is 34.3 Å². The number of hydrogen-bond acceptors (Lipinski definition) is 3. The van der Waals surface area contributed by atoms with Crippen molar-refractivity contribution < 1.29 is 14.4 Å². The summed E-state index contributed by atoms with van der Waals surface area (Å²) in [5, 5.41) is -0.588. The summed E-state index contributed by atoms with van der Waals surface area (Å²) >= 11 is 11.2. The Morgan fingerprint density at radius 1 is 1.00 bits per heavy atom. The molecule has 0 saturated carbocycles. The molecule has 1 heterocycles. The first-order chi connectivity index (χ1) is 8.43. The SMILES string of the molecule is CC(=O)c1ccc(N2C(=O)C(Cl)=C(Cl)C2=O)cc1. The maximum absolute atomic E-state index is 11.7. The number of rotatable bonds is 2. The Morgan fingerprint density at radius 2 is 1.44 bits per heavy atom. The van der Waals surface area contributed by atoms with Gasteiger partial charge in [-0.3, -0.25) is 14.4 Å². The Kier molecular flexibility index (Phi) is 3.24. The van der Waals surface area contributed by atoms with Gasteiger partial charge in [-0.2, -0.15) is 0 Å². The van der Waals surface area contributed by atoms with Crippen molar-refractivity contribution in [1.82, 2.24) is 0 Å². The number of nitrogens with zero attached hydrogens (tertiary/aromatic N) is 1. The number of benzene rings is 1. The minimum atomic E-state index is -0.665. The van der Waals surface area contributed by atoms with E-state index in [1.807, 2.05) is 0 Å². The molecule has 0 spiro atoms. The van der Waals surface area contributed by atoms with Crippen LogP contribution in [0.25, 0.3) is 0 Å². The fraction of sp³-hybridized carbons (Fsp3) is 0.0833. The fourth-order valence-corrected chi connectivity index (χ4v) is 1.89. The Balaban J connectivity index is 2.37. The van der Waals surface area contributed by atoms with Crippen molar-refractivity contribution in [3.05, 3.63) is 39.9 Å². The van der Waals surface area contributed by atoms with E-state index in [4.69, 9.17) is 23.2 Å². The number of Topliss-reactive ketones (excluding diaryl/α,β-unsaturated/α-hetero) is 1. The summed E-state index contributed by atoms with van der Waals surface area (Å²) in [6.45, 7) is 1.43. The van der Waals surface area contributed by atoms with Gasteiger partial charge in [0, 0.05) is 5.56 Å². The van der Waals surface area contributed by atoms with Gasteiger partial charge in [-0.1, -0.05) is 23.2 Å². The molecule has 0 fully saturated rings. The number of ketones is 1. The van der Waals surface area contributed by atoms with E-state index >= 15 is 0 Å². The van der Waals surface area contributed by atoms with Crippen LogP contribution >= 0.6 is 23.2 Å². The highest BCUT2D eigenvalue weighted by Gasteiger charge is 2.37. The molecule has 6 heteroatoms. The third-order valence-electron chi connectivity index (χ3n) is 2.51. The monoisotopic (exact) mass is 283 g/mol. The lowest BCUT2D eigenvalue weighted by atomic mass is 10.1. The summed E-state index contributed by atoms with van der Waals surface area (Å²) in [6, 6.07) is 6.04. The van der Waals surface area contributed by atoms with E-state index in [0.29, 0.717) is 11.3 Å². The minimum Gasteiger partial charge on any atom is -0.295 e. The normalized spacial score (nSPS) is 15.6. The maximum Gasteiger partial charge on any atom is 0.278 e. The number of hydrogen-bond donors (Lipinski definition) is 0. The van der Waals surface area contributed by atoms with Crippen molar-refractivity contribution >= 4 is 46.5 Å². The Hall–Kier alpha value is -1.65. The predicted molar refractivity (Wildman–Crippen MR) is 67.7 cm³/mol. The zero-order chi connectivity index (χ0) is 13.4. The maximum atomic E-state index is 11.7. The number of carbonyl (C=O) groups is 3. The first-order valence-electron chi connectivity index (χ1n) is 4.98. The van der Waals surface area contributed by atoms with Gasteiger partial charge in [-0.15, -0.1) is 0 Å². The summed E-state index contributed by atoms with van der Waals surface area (Å²) in [6.07, 6.45) is 0. The van der Waals surface area contributed by atoms with Crippen LogP contribution in [-0.2, 0) is 9.59 Å². The summed E-state index contributed by atoms with van der Waals surface area (Å²) in [5.41, 5.74) is 0.812. The van der Waals surface area contributed by atoms with Crippen LogP contribution in [0.3, 0.4) is 0 Å². The second-order valence-electron chi connectivity index (χ2n) is 3.68. The standard InChI is InChI=1S/C12H7Cl2NO3/c1-6(16)7-2-4-8(5-3-7)15-11(17)9(13)10(14)12(15)18/h2-5H,1H3. The average molecular weight is 284 g/mol. The van der Waals surface area contributed by atoms with E-state index in [0.717, 1.165) is 4.90 Å². The minimum absolute atomic E-state index is 0.102. The third-order valence-corrected chi connectivity index (χ3v) is 3.30. The molecular weight excluding hydrogens is 277 g/mol. The number of amides is 2. The highest BCUT2D eigenvalue weighted by molar-refractivity contribution is 6.62. The van der Waals surface area contributed by atoms with Gasteiger partial charge in [0.1, 0.15) is 10.1 Å². The van der Waals surface area contributed by atoms with Crippen LogP contribution in [0.4, 0.5) is 5.69 Å². The van der Waals surface area contributed by atoms with Crippen molar-refractivity contribution in [3.63, 3.8) is 0 Å². The molecule has 0 aromatic heterocycles. The number of imide groups is 1. The molecule has 1 aromatic carbocycles. The molecule has 4 nitrogen and oxygen atoms in total. The molecule has 1 aliphatic heterocycles. The molecule has 0 saturated heterocycles. The van der Waals surface area contributed by atoms with Crippen LogP contribution in [-0.4, -0.2) is 17.6 Å². The van der Waals surface area contributed by atoms with Crippen molar-refractivity contribution in [3.8, 4) is 0 Å². The van der Waals surface area contributed by atoms with Gasteiger partial charge >= 0.3 is 0 Å². The molecule has 0 bridgehead atoms. The van der Waals surface area contributed by atoms with Crippen LogP contribution in [0.2, 0.25) is 0 Å². The first-order valence-corrected chi connectivity index (χ1v) is 5.74. The quantitative estimate of drug-likeness (QED) is 0.619. The van der Waals surface area contributed by atoms with Crippen LogP contribution in [0.5, 0.6) is 0 Å². The molecule has 0 N–H and O–H groups in total. The van der Waals surface area contributed by atoms with E-state index in [1.165, 1.54) is 31.2 Å². The Labute approximate surface area is 113 Å². The molecule has 0 atom stereocenters. The van der Waals surface area contributed by atoms with E-state index in [9.17, 15) is 14.4 Å². The molecule has 2 amide bonds. The largest absolute Gasteiger partial charge is 0.295 e. The fourth-order valence-electron chi connectivity index (χ4n) is 1.56. The van der Waals surface area contributed by atoms with Gasteiger partial charge in [0.05, 0.1) is 5.69 Å². The number of anilines is 1. The second kappa shape index (κ2) is 4.55. The summed E-state index contributed by atoms with van der Waals surface area (Å²) < 4.78 is 0. The van der Waals surface area contributed by atoms with Crippen LogP contribution in [0.1, 0.15) is 17.3 Å². The zero-order valence-electron chi connectivity index (χ0n) is 9.24. The van der Waals surface area contributed by atoms with E-state index in [-0.39, 0.29) is 15.8 Å². The summed E-state index contributed by atoms with van der Waals surface area (Å²) in [5.74, 6) is -1.43. The summed E-state index contributed by atoms with van der Waals surface area (Å²) in [7, 11) is 0. The zero-order valence-corrected chi connectivity index (χ0v) is 10.7. The average Bonchev–Trinajstić information content (AvgIpc) is 2.54. The lowest BCUT2D eigenvalue weighted by Gasteiger charge is -2.14. The number of carbonyl (C=O) groups excluding carboxylic acids is 3. The van der Waals surface area contributed by atoms with Crippen LogP contribution in [0, 0.1) is 0 Å². The molecule has 0 unspecified atom stereocenters. The number of halogens is 2. The van der Waals surface area contributed by atoms with Gasteiger partial charge < -0.3 is 0 Å². The van der Waals surface area contributed by atoms with Gasteiger partial charge in [0.2, 0.25) is 0 Å². The van der Waals surface area contributed by atoms with Gasteiger partial charge in [-0.25, -0.2) is 4.90 Å².